The Morgan fingerprint density at radius 3 is 1.88 bits per heavy atom. The molecule has 2 aromatic carbocycles. The van der Waals surface area contributed by atoms with Crippen molar-refractivity contribution in [3.05, 3.63) is 69.7 Å². The maximum Gasteiger partial charge on any atom is 0.417 e. The van der Waals surface area contributed by atoms with Crippen molar-refractivity contribution in [2.45, 2.75) is 231 Å². The highest BCUT2D eigenvalue weighted by atomic mass is 35.5. The number of likely N-dealkylation sites (N-methyl/N-ethyl adjacent to an activating group) is 5. The van der Waals surface area contributed by atoms with Crippen LogP contribution in [0.4, 0.5) is 13.2 Å². The molecule has 530 valence electrons. The van der Waals surface area contributed by atoms with Crippen molar-refractivity contribution in [3.63, 3.8) is 0 Å². The number of nitrogens with one attached hydrogen (secondary N) is 4. The van der Waals surface area contributed by atoms with Crippen molar-refractivity contribution in [2.75, 3.05) is 54.4 Å². The van der Waals surface area contributed by atoms with E-state index < -0.39 is 154 Å². The standard InChI is InChI=1S/C70H101ClF3N11O11/c1-13-43(6)58-67(95)83(14-2)45(8)63(91)85-35-31-53(85)66(94)81(11)55(39-47-25-23-42(5)24-26-47)65(93)79(9)40-56(86)76-51(30-28-46-27-29-49(50(71)38-46)70(72,73)74)64(92)84-34-19-22-52(84)61(89)78-69(32-17-18-33-69)68(96)82(12)59(48-20-15-16-21-48)62(90)75-44(7)37-57(87)80(10)54(36-41(3)4)60(88)77-58/h23-27,29,38,41,43-45,48,51-55,58-59H,13-22,28,30-37,39-40H2,1-12H3,(H,75,90)(H,76,86)(H,77,88)(H,78,89)/t43-,44+,45-,51-,52-,53-,54-,55-,58-,59-/m0/s1. The molecule has 3 aliphatic heterocycles. The fourth-order valence-corrected chi connectivity index (χ4v) is 14.8. The van der Waals surface area contributed by atoms with Gasteiger partial charge in [-0.15, -0.1) is 0 Å². The van der Waals surface area contributed by atoms with Crippen LogP contribution >= 0.6 is 11.6 Å². The first-order chi connectivity index (χ1) is 45.2. The lowest BCUT2D eigenvalue weighted by Gasteiger charge is -2.45. The number of fused-ring (bicyclic) bond motifs is 2. The summed E-state index contributed by atoms with van der Waals surface area (Å²) in [4.78, 5) is 172. The van der Waals surface area contributed by atoms with Gasteiger partial charge < -0.3 is 55.6 Å². The van der Waals surface area contributed by atoms with Crippen molar-refractivity contribution >= 4 is 76.6 Å². The lowest BCUT2D eigenvalue weighted by atomic mass is 9.90. The summed E-state index contributed by atoms with van der Waals surface area (Å²) in [5.74, 6) is -7.44. The number of amides is 11. The van der Waals surface area contributed by atoms with Gasteiger partial charge in [-0.25, -0.2) is 0 Å². The van der Waals surface area contributed by atoms with Gasteiger partial charge in [0.1, 0.15) is 53.9 Å². The molecule has 0 aromatic heterocycles. The minimum Gasteiger partial charge on any atom is -0.351 e. The molecule has 10 atom stereocenters. The second-order valence-electron chi connectivity index (χ2n) is 28.0. The largest absolute Gasteiger partial charge is 0.417 e. The van der Waals surface area contributed by atoms with Crippen LogP contribution in [0.25, 0.3) is 0 Å². The average molecular weight is 1370 g/mol. The van der Waals surface area contributed by atoms with E-state index in [-0.39, 0.29) is 89.3 Å². The highest BCUT2D eigenvalue weighted by Gasteiger charge is 2.51. The Hall–Kier alpha value is -7.31. The van der Waals surface area contributed by atoms with Gasteiger partial charge >= 0.3 is 6.18 Å². The first kappa shape index (κ1) is 76.1. The fourth-order valence-electron chi connectivity index (χ4n) is 14.5. The summed E-state index contributed by atoms with van der Waals surface area (Å²) in [6.45, 7) is 13.8. The van der Waals surface area contributed by atoms with Crippen LogP contribution in [0.2, 0.25) is 5.02 Å². The molecule has 7 rings (SSSR count). The number of alkyl halides is 3. The van der Waals surface area contributed by atoms with E-state index >= 15 is 9.59 Å². The summed E-state index contributed by atoms with van der Waals surface area (Å²) >= 11 is 6.15. The number of rotatable bonds is 11. The number of benzene rings is 2. The predicted molar refractivity (Wildman–Crippen MR) is 355 cm³/mol. The average Bonchev–Trinajstić information content (AvgIpc) is 1.55. The molecule has 0 radical (unpaired) electrons. The van der Waals surface area contributed by atoms with Gasteiger partial charge in [0.25, 0.3) is 0 Å². The molecule has 0 unspecified atom stereocenters. The molecule has 22 nitrogen and oxygen atoms in total. The number of halogens is 4. The first-order valence-corrected chi connectivity index (χ1v) is 34.7. The summed E-state index contributed by atoms with van der Waals surface area (Å²) in [6, 6.07) is 0.420. The lowest BCUT2D eigenvalue weighted by Crippen LogP contribution is -2.65. The van der Waals surface area contributed by atoms with Crippen LogP contribution in [0.5, 0.6) is 0 Å². The van der Waals surface area contributed by atoms with Crippen molar-refractivity contribution in [1.29, 1.82) is 0 Å². The molecule has 11 amide bonds. The molecular weight excluding hydrogens is 1260 g/mol. The highest BCUT2D eigenvalue weighted by Crippen LogP contribution is 2.38. The van der Waals surface area contributed by atoms with E-state index in [2.05, 4.69) is 21.3 Å². The maximum atomic E-state index is 15.3. The van der Waals surface area contributed by atoms with E-state index in [1.807, 2.05) is 39.8 Å². The Morgan fingerprint density at radius 2 is 1.29 bits per heavy atom. The van der Waals surface area contributed by atoms with Gasteiger partial charge in [0.2, 0.25) is 65.0 Å². The predicted octanol–water partition coefficient (Wildman–Crippen LogP) is 6.20. The van der Waals surface area contributed by atoms with Gasteiger partial charge in [0.15, 0.2) is 0 Å². The number of aryl methyl sites for hydroxylation is 2. The fraction of sp³-hybridized carbons (Fsp3) is 0.671. The van der Waals surface area contributed by atoms with Crippen molar-refractivity contribution in [3.8, 4) is 0 Å². The van der Waals surface area contributed by atoms with Crippen LogP contribution in [0, 0.1) is 24.7 Å². The summed E-state index contributed by atoms with van der Waals surface area (Å²) in [7, 11) is 5.83. The Balaban J connectivity index is 1.26. The zero-order chi connectivity index (χ0) is 70.8. The third-order valence-corrected chi connectivity index (χ3v) is 20.9. The van der Waals surface area contributed by atoms with E-state index in [0.29, 0.717) is 49.7 Å². The SMILES string of the molecule is CC[C@H](C)[C@@H]1NC(=O)[C@H](CC(C)C)N(C)C(=O)C[C@@H](C)NC(=O)[C@H](C2CCCC2)N(C)C(=O)C2(CCCC2)NC(=O)[C@@H]2CCCN2C(=O)[C@H](CCc2ccc(C(F)(F)F)c(Cl)c2)NC(=O)CN(C)C(=O)[C@H](Cc2ccc(C)cc2)N(C)C(=O)[C@@H]2CCN2C(=O)[C@H](C)N(CC)C1=O. The van der Waals surface area contributed by atoms with Crippen molar-refractivity contribution in [1.82, 2.24) is 55.6 Å². The number of nitrogens with zero attached hydrogens (tertiary/aromatic N) is 7. The number of hydrogen-bond acceptors (Lipinski definition) is 11. The molecule has 5 aliphatic rings. The summed E-state index contributed by atoms with van der Waals surface area (Å²) in [6.07, 6.45) is 0.519. The van der Waals surface area contributed by atoms with Gasteiger partial charge in [-0.1, -0.05) is 107 Å². The van der Waals surface area contributed by atoms with Gasteiger partial charge in [0.05, 0.1) is 17.1 Å². The molecule has 0 bridgehead atoms. The van der Waals surface area contributed by atoms with Crippen LogP contribution in [0.1, 0.15) is 167 Å². The van der Waals surface area contributed by atoms with Gasteiger partial charge in [-0.2, -0.15) is 13.2 Å². The van der Waals surface area contributed by atoms with E-state index in [1.165, 1.54) is 63.7 Å². The van der Waals surface area contributed by atoms with Gasteiger partial charge in [-0.3, -0.25) is 52.7 Å². The zero-order valence-corrected chi connectivity index (χ0v) is 58.7. The maximum absolute atomic E-state index is 15.3. The topological polar surface area (TPSA) is 259 Å². The third-order valence-electron chi connectivity index (χ3n) is 20.6. The smallest absolute Gasteiger partial charge is 0.351 e. The number of carbonyl (C=O) groups is 11. The molecule has 3 heterocycles. The molecule has 5 fully saturated rings. The van der Waals surface area contributed by atoms with Crippen LogP contribution in [0.15, 0.2) is 42.5 Å². The van der Waals surface area contributed by atoms with Gasteiger partial charge in [0, 0.05) is 66.7 Å². The van der Waals surface area contributed by atoms with E-state index in [0.717, 1.165) is 35.4 Å². The summed E-state index contributed by atoms with van der Waals surface area (Å²) < 4.78 is 41.5. The molecule has 4 N–H and O–H groups in total. The van der Waals surface area contributed by atoms with E-state index in [4.69, 9.17) is 11.6 Å². The first-order valence-electron chi connectivity index (χ1n) is 34.3. The molecule has 3 saturated heterocycles. The minimum atomic E-state index is -4.75. The summed E-state index contributed by atoms with van der Waals surface area (Å²) in [5, 5.41) is 11.2. The molecule has 2 aliphatic carbocycles. The molecule has 96 heavy (non-hydrogen) atoms. The second kappa shape index (κ2) is 32.8. The Morgan fingerprint density at radius 1 is 0.656 bits per heavy atom. The van der Waals surface area contributed by atoms with Crippen molar-refractivity contribution in [2.24, 2.45) is 17.8 Å². The molecular formula is C70H101ClF3N11O11. The van der Waals surface area contributed by atoms with Crippen molar-refractivity contribution < 1.29 is 65.9 Å². The van der Waals surface area contributed by atoms with Crippen LogP contribution in [-0.4, -0.2) is 214 Å². The normalized spacial score (nSPS) is 27.2. The molecule has 1 spiro atoms. The minimum absolute atomic E-state index is 0.0267. The van der Waals surface area contributed by atoms with E-state index in [1.54, 1.807) is 39.8 Å². The van der Waals surface area contributed by atoms with Gasteiger partial charge in [-0.05, 0) is 133 Å². The van der Waals surface area contributed by atoms with E-state index in [9.17, 15) is 56.3 Å². The van der Waals surface area contributed by atoms with Crippen LogP contribution < -0.4 is 21.3 Å². The monoisotopic (exact) mass is 1360 g/mol. The Bertz CT molecular complexity index is 3180. The Kier molecular flexibility index (Phi) is 26.0. The van der Waals surface area contributed by atoms with Crippen LogP contribution in [-0.2, 0) is 71.8 Å². The number of carbonyl (C=O) groups excluding carboxylic acids is 11. The second-order valence-corrected chi connectivity index (χ2v) is 28.4. The number of hydrogen-bond donors (Lipinski definition) is 4. The highest BCUT2D eigenvalue weighted by molar-refractivity contribution is 6.31. The third kappa shape index (κ3) is 17.9. The zero-order valence-electron chi connectivity index (χ0n) is 58.0. The van der Waals surface area contributed by atoms with Crippen LogP contribution in [0.3, 0.4) is 0 Å². The molecule has 2 saturated carbocycles. The quantitative estimate of drug-likeness (QED) is 0.197. The lowest BCUT2D eigenvalue weighted by molar-refractivity contribution is -0.160. The molecule has 2 aromatic rings. The summed E-state index contributed by atoms with van der Waals surface area (Å²) in [5.41, 5.74) is -0.659. The Labute approximate surface area is 568 Å². The molecule has 26 heteroatoms.